The highest BCUT2D eigenvalue weighted by molar-refractivity contribution is 8.00. The van der Waals surface area contributed by atoms with Crippen molar-refractivity contribution in [3.63, 3.8) is 0 Å². The Labute approximate surface area is 128 Å². The molecule has 0 unspecified atom stereocenters. The highest BCUT2D eigenvalue weighted by Crippen LogP contribution is 2.26. The molecule has 0 heterocycles. The number of benzene rings is 2. The van der Waals surface area contributed by atoms with Crippen LogP contribution in [0.3, 0.4) is 0 Å². The standard InChI is InChI=1S/C16H17NO3S/c1-11-6-7-15(20-2)14(8-11)17-16(19)10-21-13-5-3-4-12(18)9-13/h3-9,18H,10H2,1-2H3,(H,17,19). The molecule has 110 valence electrons. The van der Waals surface area contributed by atoms with E-state index in [1.165, 1.54) is 11.8 Å². The van der Waals surface area contributed by atoms with E-state index in [9.17, 15) is 9.90 Å². The number of amides is 1. The predicted octanol–water partition coefficient (Wildman–Crippen LogP) is 3.44. The van der Waals surface area contributed by atoms with E-state index in [2.05, 4.69) is 5.32 Å². The summed E-state index contributed by atoms with van der Waals surface area (Å²) in [6.07, 6.45) is 0. The van der Waals surface area contributed by atoms with Crippen LogP contribution < -0.4 is 10.1 Å². The highest BCUT2D eigenvalue weighted by Gasteiger charge is 2.08. The summed E-state index contributed by atoms with van der Waals surface area (Å²) in [5.74, 6) is 0.977. The molecule has 1 amide bonds. The Hall–Kier alpha value is -2.14. The number of thioether (sulfide) groups is 1. The quantitative estimate of drug-likeness (QED) is 0.831. The first-order valence-electron chi connectivity index (χ1n) is 6.45. The maximum absolute atomic E-state index is 12.0. The van der Waals surface area contributed by atoms with Crippen LogP contribution in [0.15, 0.2) is 47.4 Å². The van der Waals surface area contributed by atoms with Crippen molar-refractivity contribution in [3.05, 3.63) is 48.0 Å². The molecular formula is C16H17NO3S. The van der Waals surface area contributed by atoms with Crippen molar-refractivity contribution in [1.82, 2.24) is 0 Å². The first-order valence-corrected chi connectivity index (χ1v) is 7.43. The summed E-state index contributed by atoms with van der Waals surface area (Å²) < 4.78 is 5.23. The number of aryl methyl sites for hydroxylation is 1. The van der Waals surface area contributed by atoms with Crippen LogP contribution in [0.25, 0.3) is 0 Å². The number of methoxy groups -OCH3 is 1. The molecule has 0 fully saturated rings. The van der Waals surface area contributed by atoms with Gasteiger partial charge in [-0.25, -0.2) is 0 Å². The first kappa shape index (κ1) is 15.3. The topological polar surface area (TPSA) is 58.6 Å². The number of rotatable bonds is 5. The van der Waals surface area contributed by atoms with Crippen molar-refractivity contribution in [1.29, 1.82) is 0 Å². The fraction of sp³-hybridized carbons (Fsp3) is 0.188. The summed E-state index contributed by atoms with van der Waals surface area (Å²) in [5.41, 5.74) is 1.71. The molecule has 2 aromatic rings. The Morgan fingerprint density at radius 1 is 1.29 bits per heavy atom. The van der Waals surface area contributed by atoms with Crippen LogP contribution in [0.5, 0.6) is 11.5 Å². The van der Waals surface area contributed by atoms with Crippen molar-refractivity contribution in [2.45, 2.75) is 11.8 Å². The number of anilines is 1. The number of carbonyl (C=O) groups is 1. The van der Waals surface area contributed by atoms with Crippen LogP contribution in [0.4, 0.5) is 5.69 Å². The summed E-state index contributed by atoms with van der Waals surface area (Å²) >= 11 is 1.37. The third-order valence-electron chi connectivity index (χ3n) is 2.82. The summed E-state index contributed by atoms with van der Waals surface area (Å²) in [7, 11) is 1.57. The fourth-order valence-corrected chi connectivity index (χ4v) is 2.58. The number of carbonyl (C=O) groups excluding carboxylic acids is 1. The predicted molar refractivity (Wildman–Crippen MR) is 85.2 cm³/mol. The number of phenols is 1. The SMILES string of the molecule is COc1ccc(C)cc1NC(=O)CSc1cccc(O)c1. The zero-order valence-electron chi connectivity index (χ0n) is 11.9. The zero-order chi connectivity index (χ0) is 15.2. The lowest BCUT2D eigenvalue weighted by Crippen LogP contribution is -2.14. The van der Waals surface area contributed by atoms with Crippen LogP contribution in [0.1, 0.15) is 5.56 Å². The fourth-order valence-electron chi connectivity index (χ4n) is 1.83. The maximum atomic E-state index is 12.0. The van der Waals surface area contributed by atoms with Crippen molar-refractivity contribution in [2.24, 2.45) is 0 Å². The molecule has 21 heavy (non-hydrogen) atoms. The summed E-state index contributed by atoms with van der Waals surface area (Å²) in [4.78, 5) is 12.8. The van der Waals surface area contributed by atoms with E-state index >= 15 is 0 Å². The molecular weight excluding hydrogens is 286 g/mol. The van der Waals surface area contributed by atoms with Gasteiger partial charge < -0.3 is 15.2 Å². The second kappa shape index (κ2) is 7.04. The van der Waals surface area contributed by atoms with Crippen molar-refractivity contribution < 1.29 is 14.6 Å². The first-order chi connectivity index (χ1) is 10.1. The van der Waals surface area contributed by atoms with Crippen LogP contribution in [-0.4, -0.2) is 23.9 Å². The molecule has 0 aliphatic carbocycles. The maximum Gasteiger partial charge on any atom is 0.234 e. The third-order valence-corrected chi connectivity index (χ3v) is 3.81. The summed E-state index contributed by atoms with van der Waals surface area (Å²) in [6.45, 7) is 1.95. The van der Waals surface area contributed by atoms with Gasteiger partial charge in [0, 0.05) is 4.90 Å². The van der Waals surface area contributed by atoms with E-state index < -0.39 is 0 Å². The molecule has 4 nitrogen and oxygen atoms in total. The lowest BCUT2D eigenvalue weighted by atomic mass is 10.2. The Morgan fingerprint density at radius 3 is 2.81 bits per heavy atom. The normalized spacial score (nSPS) is 10.2. The van der Waals surface area contributed by atoms with E-state index in [0.717, 1.165) is 10.5 Å². The summed E-state index contributed by atoms with van der Waals surface area (Å²) in [6, 6.07) is 12.5. The average Bonchev–Trinajstić information content (AvgIpc) is 2.45. The molecule has 0 saturated carbocycles. The van der Waals surface area contributed by atoms with E-state index in [0.29, 0.717) is 11.4 Å². The molecule has 0 aromatic heterocycles. The molecule has 0 atom stereocenters. The minimum Gasteiger partial charge on any atom is -0.508 e. The molecule has 5 heteroatoms. The van der Waals surface area contributed by atoms with Crippen LogP contribution in [-0.2, 0) is 4.79 Å². The van der Waals surface area contributed by atoms with Crippen molar-refractivity contribution in [3.8, 4) is 11.5 Å². The average molecular weight is 303 g/mol. The summed E-state index contributed by atoms with van der Waals surface area (Å²) in [5, 5.41) is 12.2. The monoisotopic (exact) mass is 303 g/mol. The molecule has 0 spiro atoms. The van der Waals surface area contributed by atoms with Gasteiger partial charge in [0.25, 0.3) is 0 Å². The minimum atomic E-state index is -0.118. The van der Waals surface area contributed by atoms with Crippen LogP contribution in [0, 0.1) is 6.92 Å². The molecule has 2 aromatic carbocycles. The van der Waals surface area contributed by atoms with Gasteiger partial charge in [-0.3, -0.25) is 4.79 Å². The van der Waals surface area contributed by atoms with E-state index in [4.69, 9.17) is 4.74 Å². The molecule has 0 aliphatic rings. The van der Waals surface area contributed by atoms with E-state index in [1.54, 1.807) is 25.3 Å². The highest BCUT2D eigenvalue weighted by atomic mass is 32.2. The molecule has 0 bridgehead atoms. The van der Waals surface area contributed by atoms with Gasteiger partial charge in [0.15, 0.2) is 0 Å². The van der Waals surface area contributed by atoms with Gasteiger partial charge in [-0.15, -0.1) is 11.8 Å². The van der Waals surface area contributed by atoms with E-state index in [-0.39, 0.29) is 17.4 Å². The lowest BCUT2D eigenvalue weighted by Gasteiger charge is -2.11. The largest absolute Gasteiger partial charge is 0.508 e. The third kappa shape index (κ3) is 4.43. The number of aromatic hydroxyl groups is 1. The zero-order valence-corrected chi connectivity index (χ0v) is 12.7. The Balaban J connectivity index is 1.97. The minimum absolute atomic E-state index is 0.118. The van der Waals surface area contributed by atoms with Gasteiger partial charge in [-0.1, -0.05) is 12.1 Å². The van der Waals surface area contributed by atoms with Gasteiger partial charge in [0.05, 0.1) is 18.6 Å². The Morgan fingerprint density at radius 2 is 2.10 bits per heavy atom. The molecule has 0 aliphatic heterocycles. The second-order valence-electron chi connectivity index (χ2n) is 4.54. The van der Waals surface area contributed by atoms with Gasteiger partial charge >= 0.3 is 0 Å². The molecule has 0 radical (unpaired) electrons. The van der Waals surface area contributed by atoms with Gasteiger partial charge in [-0.2, -0.15) is 0 Å². The van der Waals surface area contributed by atoms with Gasteiger partial charge in [-0.05, 0) is 42.8 Å². The molecule has 2 rings (SSSR count). The number of hydrogen-bond acceptors (Lipinski definition) is 4. The number of ether oxygens (including phenoxy) is 1. The molecule has 2 N–H and O–H groups in total. The van der Waals surface area contributed by atoms with E-state index in [1.807, 2.05) is 31.2 Å². The Kier molecular flexibility index (Phi) is 5.11. The van der Waals surface area contributed by atoms with Gasteiger partial charge in [0.1, 0.15) is 11.5 Å². The van der Waals surface area contributed by atoms with Crippen LogP contribution in [0.2, 0.25) is 0 Å². The lowest BCUT2D eigenvalue weighted by molar-refractivity contribution is -0.113. The second-order valence-corrected chi connectivity index (χ2v) is 5.59. The number of nitrogens with one attached hydrogen (secondary N) is 1. The Bertz CT molecular complexity index is 643. The number of hydrogen-bond donors (Lipinski definition) is 2. The number of phenolic OH excluding ortho intramolecular Hbond substituents is 1. The van der Waals surface area contributed by atoms with Crippen molar-refractivity contribution in [2.75, 3.05) is 18.2 Å². The van der Waals surface area contributed by atoms with Crippen molar-refractivity contribution >= 4 is 23.4 Å². The van der Waals surface area contributed by atoms with Gasteiger partial charge in [0.2, 0.25) is 5.91 Å². The molecule has 0 saturated heterocycles. The smallest absolute Gasteiger partial charge is 0.234 e. The van der Waals surface area contributed by atoms with Crippen LogP contribution >= 0.6 is 11.8 Å².